The molecule has 27 heavy (non-hydrogen) atoms. The molecule has 2 aliphatic rings. The van der Waals surface area contributed by atoms with Crippen LogP contribution in [0.3, 0.4) is 0 Å². The van der Waals surface area contributed by atoms with Crippen LogP contribution in [0.25, 0.3) is 0 Å². The Balaban J connectivity index is 1.36. The number of para-hydroxylation sites is 1. The Kier molecular flexibility index (Phi) is 5.44. The highest BCUT2D eigenvalue weighted by Crippen LogP contribution is 2.35. The highest BCUT2D eigenvalue weighted by atomic mass is 16.2. The molecule has 2 saturated heterocycles. The van der Waals surface area contributed by atoms with Crippen LogP contribution in [-0.4, -0.2) is 29.1 Å². The number of amides is 2. The first kappa shape index (κ1) is 18.1. The number of hydrogen-bond acceptors (Lipinski definition) is 2. The summed E-state index contributed by atoms with van der Waals surface area (Å²) in [6.45, 7) is 3.16. The minimum atomic E-state index is -0.0868. The van der Waals surface area contributed by atoms with Crippen molar-refractivity contribution in [1.82, 2.24) is 10.2 Å². The van der Waals surface area contributed by atoms with Gasteiger partial charge in [0.2, 0.25) is 0 Å². The fourth-order valence-corrected chi connectivity index (χ4v) is 4.63. The van der Waals surface area contributed by atoms with Gasteiger partial charge in [0.1, 0.15) is 0 Å². The highest BCUT2D eigenvalue weighted by Gasteiger charge is 2.38. The number of carbonyl (C=O) groups is 1. The highest BCUT2D eigenvalue weighted by molar-refractivity contribution is 5.89. The van der Waals surface area contributed by atoms with Gasteiger partial charge in [0.05, 0.1) is 0 Å². The predicted octanol–water partition coefficient (Wildman–Crippen LogP) is 4.70. The van der Waals surface area contributed by atoms with Gasteiger partial charge in [-0.25, -0.2) is 4.79 Å². The second-order valence-electron chi connectivity index (χ2n) is 8.03. The van der Waals surface area contributed by atoms with Crippen LogP contribution in [0.1, 0.15) is 43.2 Å². The molecule has 2 atom stereocenters. The molecule has 0 saturated carbocycles. The number of piperidine rings is 2. The largest absolute Gasteiger partial charge is 0.335 e. The van der Waals surface area contributed by atoms with E-state index in [-0.39, 0.29) is 12.1 Å². The average molecular weight is 364 g/mol. The van der Waals surface area contributed by atoms with E-state index in [2.05, 4.69) is 46.7 Å². The van der Waals surface area contributed by atoms with Crippen LogP contribution >= 0.6 is 0 Å². The summed E-state index contributed by atoms with van der Waals surface area (Å²) in [5.74, 6) is 0. The zero-order valence-electron chi connectivity index (χ0n) is 16.0. The lowest BCUT2D eigenvalue weighted by atomic mass is 9.81. The topological polar surface area (TPSA) is 44.4 Å². The monoisotopic (exact) mass is 363 g/mol. The summed E-state index contributed by atoms with van der Waals surface area (Å²) < 4.78 is 0. The molecule has 4 nitrogen and oxygen atoms in total. The van der Waals surface area contributed by atoms with E-state index >= 15 is 0 Å². The number of aryl methyl sites for hydroxylation is 1. The van der Waals surface area contributed by atoms with Crippen molar-refractivity contribution < 1.29 is 4.79 Å². The molecule has 2 aliphatic heterocycles. The Labute approximate surface area is 162 Å². The van der Waals surface area contributed by atoms with Gasteiger partial charge in [-0.3, -0.25) is 4.90 Å². The third-order valence-corrected chi connectivity index (χ3v) is 5.98. The lowest BCUT2D eigenvalue weighted by molar-refractivity contribution is 0.0200. The molecule has 2 heterocycles. The van der Waals surface area contributed by atoms with E-state index in [9.17, 15) is 4.79 Å². The van der Waals surface area contributed by atoms with Crippen molar-refractivity contribution in [2.24, 2.45) is 0 Å². The van der Waals surface area contributed by atoms with Crippen LogP contribution in [0.15, 0.2) is 54.6 Å². The Morgan fingerprint density at radius 2 is 1.67 bits per heavy atom. The van der Waals surface area contributed by atoms with Crippen molar-refractivity contribution in [1.29, 1.82) is 0 Å². The van der Waals surface area contributed by atoms with Crippen molar-refractivity contribution in [3.8, 4) is 0 Å². The number of rotatable bonds is 4. The fraction of sp³-hybridized carbons (Fsp3) is 0.435. The Bertz CT molecular complexity index is 745. The zero-order valence-corrected chi connectivity index (χ0v) is 16.0. The van der Waals surface area contributed by atoms with Gasteiger partial charge in [0, 0.05) is 30.4 Å². The second kappa shape index (κ2) is 8.13. The maximum atomic E-state index is 12.4. The SMILES string of the molecule is Cc1ccc(CN2[C@H]3CCC[C@H]2CC(NC(=O)Nc2ccccc2)C3)cc1. The molecule has 2 N–H and O–H groups in total. The normalized spacial score (nSPS) is 25.0. The van der Waals surface area contributed by atoms with E-state index in [0.29, 0.717) is 12.1 Å². The van der Waals surface area contributed by atoms with Gasteiger partial charge < -0.3 is 10.6 Å². The summed E-state index contributed by atoms with van der Waals surface area (Å²) in [6.07, 6.45) is 5.87. The summed E-state index contributed by atoms with van der Waals surface area (Å²) in [5, 5.41) is 6.16. The molecule has 142 valence electrons. The smallest absolute Gasteiger partial charge is 0.319 e. The summed E-state index contributed by atoms with van der Waals surface area (Å²) in [7, 11) is 0. The molecule has 2 aromatic rings. The molecule has 0 aliphatic carbocycles. The number of anilines is 1. The molecule has 4 heteroatoms. The lowest BCUT2D eigenvalue weighted by Gasteiger charge is -2.49. The van der Waals surface area contributed by atoms with Crippen LogP contribution < -0.4 is 10.6 Å². The maximum Gasteiger partial charge on any atom is 0.319 e. The first-order chi connectivity index (χ1) is 13.2. The van der Waals surface area contributed by atoms with Gasteiger partial charge >= 0.3 is 6.03 Å². The van der Waals surface area contributed by atoms with Crippen molar-refractivity contribution in [2.45, 2.75) is 63.7 Å². The molecular formula is C23H29N3O. The van der Waals surface area contributed by atoms with E-state index in [4.69, 9.17) is 0 Å². The number of fused-ring (bicyclic) bond motifs is 2. The van der Waals surface area contributed by atoms with E-state index in [0.717, 1.165) is 25.1 Å². The minimum Gasteiger partial charge on any atom is -0.335 e. The minimum absolute atomic E-state index is 0.0868. The molecule has 2 aromatic carbocycles. The third kappa shape index (κ3) is 4.51. The molecule has 0 unspecified atom stereocenters. The predicted molar refractivity (Wildman–Crippen MR) is 110 cm³/mol. The van der Waals surface area contributed by atoms with Crippen LogP contribution in [0, 0.1) is 6.92 Å². The number of nitrogens with one attached hydrogen (secondary N) is 2. The first-order valence-electron chi connectivity index (χ1n) is 10.1. The van der Waals surface area contributed by atoms with Crippen molar-refractivity contribution in [3.63, 3.8) is 0 Å². The fourth-order valence-electron chi connectivity index (χ4n) is 4.63. The number of carbonyl (C=O) groups excluding carboxylic acids is 1. The van der Waals surface area contributed by atoms with E-state index in [1.165, 1.54) is 30.4 Å². The summed E-state index contributed by atoms with van der Waals surface area (Å²) >= 11 is 0. The van der Waals surface area contributed by atoms with Crippen LogP contribution in [-0.2, 0) is 6.54 Å². The van der Waals surface area contributed by atoms with Gasteiger partial charge in [-0.15, -0.1) is 0 Å². The number of hydrogen-bond donors (Lipinski definition) is 2. The molecule has 2 bridgehead atoms. The number of benzene rings is 2. The maximum absolute atomic E-state index is 12.4. The summed E-state index contributed by atoms with van der Waals surface area (Å²) in [4.78, 5) is 15.1. The Hall–Kier alpha value is -2.33. The average Bonchev–Trinajstić information content (AvgIpc) is 2.65. The zero-order chi connectivity index (χ0) is 18.6. The van der Waals surface area contributed by atoms with E-state index in [1.807, 2.05) is 30.3 Å². The van der Waals surface area contributed by atoms with Crippen molar-refractivity contribution >= 4 is 11.7 Å². The molecule has 2 fully saturated rings. The van der Waals surface area contributed by atoms with Gasteiger partial charge in [-0.1, -0.05) is 54.4 Å². The molecule has 2 amide bonds. The van der Waals surface area contributed by atoms with Crippen LogP contribution in [0.5, 0.6) is 0 Å². The van der Waals surface area contributed by atoms with Crippen LogP contribution in [0.4, 0.5) is 10.5 Å². The van der Waals surface area contributed by atoms with E-state index < -0.39 is 0 Å². The van der Waals surface area contributed by atoms with Crippen LogP contribution in [0.2, 0.25) is 0 Å². The second-order valence-corrected chi connectivity index (χ2v) is 8.03. The number of nitrogens with zero attached hydrogens (tertiary/aromatic N) is 1. The Morgan fingerprint density at radius 1 is 1.00 bits per heavy atom. The van der Waals surface area contributed by atoms with Gasteiger partial charge in [-0.2, -0.15) is 0 Å². The number of urea groups is 1. The first-order valence-corrected chi connectivity index (χ1v) is 10.1. The van der Waals surface area contributed by atoms with Gasteiger partial charge in [0.25, 0.3) is 0 Å². The molecule has 0 radical (unpaired) electrons. The lowest BCUT2D eigenvalue weighted by Crippen LogP contribution is -2.56. The molecule has 4 rings (SSSR count). The van der Waals surface area contributed by atoms with E-state index in [1.54, 1.807) is 0 Å². The summed E-state index contributed by atoms with van der Waals surface area (Å²) in [5.41, 5.74) is 3.55. The molecular weight excluding hydrogens is 334 g/mol. The van der Waals surface area contributed by atoms with Crippen molar-refractivity contribution in [2.75, 3.05) is 5.32 Å². The van der Waals surface area contributed by atoms with Gasteiger partial charge in [0.15, 0.2) is 0 Å². The quantitative estimate of drug-likeness (QED) is 0.827. The molecule has 0 aromatic heterocycles. The molecule has 0 spiro atoms. The summed E-state index contributed by atoms with van der Waals surface area (Å²) in [6, 6.07) is 19.9. The van der Waals surface area contributed by atoms with Crippen molar-refractivity contribution in [3.05, 3.63) is 65.7 Å². The van der Waals surface area contributed by atoms with Gasteiger partial charge in [-0.05, 0) is 50.3 Å². The standard InChI is InChI=1S/C23H29N3O/c1-17-10-12-18(13-11-17)16-26-21-8-5-9-22(26)15-20(14-21)25-23(27)24-19-6-3-2-4-7-19/h2-4,6-7,10-13,20-22H,5,8-9,14-16H2,1H3,(H2,24,25,27)/t21-,22-/m0/s1. The third-order valence-electron chi connectivity index (χ3n) is 5.98. The Morgan fingerprint density at radius 3 is 2.33 bits per heavy atom.